The van der Waals surface area contributed by atoms with Gasteiger partial charge in [-0.3, -0.25) is 4.98 Å². The second-order valence-corrected chi connectivity index (χ2v) is 5.81. The number of hydrogen-bond acceptors (Lipinski definition) is 4. The number of aromatic hydroxyl groups is 1. The van der Waals surface area contributed by atoms with Crippen LogP contribution in [0.15, 0.2) is 48.7 Å². The molecule has 2 amide bonds. The fourth-order valence-corrected chi connectivity index (χ4v) is 2.52. The van der Waals surface area contributed by atoms with E-state index in [0.717, 1.165) is 18.5 Å². The average Bonchev–Trinajstić information content (AvgIpc) is 2.63. The molecule has 1 aromatic carbocycles. The first kappa shape index (κ1) is 18.7. The van der Waals surface area contributed by atoms with Crippen LogP contribution in [0.4, 0.5) is 4.79 Å². The topological polar surface area (TPSA) is 85.7 Å². The van der Waals surface area contributed by atoms with Crippen LogP contribution in [0.1, 0.15) is 30.7 Å². The predicted molar refractivity (Wildman–Crippen MR) is 96.3 cm³/mol. The summed E-state index contributed by atoms with van der Waals surface area (Å²) >= 11 is 0. The lowest BCUT2D eigenvalue weighted by molar-refractivity contribution is 0.123. The molecule has 0 fully saturated rings. The lowest BCUT2D eigenvalue weighted by Gasteiger charge is -2.24. The van der Waals surface area contributed by atoms with Gasteiger partial charge >= 0.3 is 6.03 Å². The number of carbonyl (C=O) groups excluding carboxylic acids is 1. The molecule has 1 aromatic heterocycles. The van der Waals surface area contributed by atoms with Crippen molar-refractivity contribution in [2.45, 2.75) is 25.9 Å². The molecule has 6 heteroatoms. The molecule has 0 saturated heterocycles. The maximum Gasteiger partial charge on any atom is 0.317 e. The predicted octanol–water partition coefficient (Wildman–Crippen LogP) is 2.48. The van der Waals surface area contributed by atoms with Crippen LogP contribution in [0.25, 0.3) is 0 Å². The van der Waals surface area contributed by atoms with E-state index >= 15 is 0 Å². The number of hydrogen-bond donors (Lipinski definition) is 3. The minimum atomic E-state index is -0.841. The zero-order chi connectivity index (χ0) is 18.1. The van der Waals surface area contributed by atoms with Crippen LogP contribution in [0.3, 0.4) is 0 Å². The molecule has 0 radical (unpaired) electrons. The number of amides is 2. The third-order valence-electron chi connectivity index (χ3n) is 3.93. The van der Waals surface area contributed by atoms with Crippen LogP contribution in [-0.2, 0) is 6.42 Å². The second kappa shape index (κ2) is 9.64. The van der Waals surface area contributed by atoms with E-state index in [4.69, 9.17) is 0 Å². The van der Waals surface area contributed by atoms with Gasteiger partial charge in [0.05, 0.1) is 12.6 Å². The molecule has 0 saturated carbocycles. The minimum absolute atomic E-state index is 0.0959. The van der Waals surface area contributed by atoms with Crippen molar-refractivity contribution in [1.29, 1.82) is 0 Å². The van der Waals surface area contributed by atoms with Crippen molar-refractivity contribution >= 4 is 6.03 Å². The molecule has 0 aliphatic heterocycles. The summed E-state index contributed by atoms with van der Waals surface area (Å²) in [5, 5.41) is 22.6. The van der Waals surface area contributed by atoms with Crippen LogP contribution in [-0.4, -0.2) is 45.8 Å². The Morgan fingerprint density at radius 2 is 2.12 bits per heavy atom. The summed E-state index contributed by atoms with van der Waals surface area (Å²) in [5.41, 5.74) is 1.59. The molecule has 1 atom stereocenters. The quantitative estimate of drug-likeness (QED) is 0.643. The molecule has 0 aliphatic rings. The Labute approximate surface area is 148 Å². The van der Waals surface area contributed by atoms with Crippen LogP contribution in [0.5, 0.6) is 5.75 Å². The Hall–Kier alpha value is -2.60. The number of nitrogens with one attached hydrogen (secondary N) is 1. The zero-order valence-corrected chi connectivity index (χ0v) is 14.4. The highest BCUT2D eigenvalue weighted by molar-refractivity contribution is 5.74. The first-order valence-corrected chi connectivity index (χ1v) is 8.49. The van der Waals surface area contributed by atoms with Gasteiger partial charge < -0.3 is 20.4 Å². The van der Waals surface area contributed by atoms with E-state index in [1.165, 1.54) is 6.07 Å². The molecule has 3 N–H and O–H groups in total. The summed E-state index contributed by atoms with van der Waals surface area (Å²) in [7, 11) is 0. The summed E-state index contributed by atoms with van der Waals surface area (Å²) in [6.45, 7) is 3.07. The number of aryl methyl sites for hydroxylation is 1. The number of likely N-dealkylation sites (N-methyl/N-ethyl adjacent to an activating group) is 1. The molecular formula is C19H25N3O3. The highest BCUT2D eigenvalue weighted by Crippen LogP contribution is 2.19. The van der Waals surface area contributed by atoms with Crippen molar-refractivity contribution in [3.8, 4) is 5.75 Å². The maximum atomic E-state index is 12.3. The Kier molecular flexibility index (Phi) is 7.22. The van der Waals surface area contributed by atoms with Crippen LogP contribution in [0.2, 0.25) is 0 Å². The smallest absolute Gasteiger partial charge is 0.317 e. The van der Waals surface area contributed by atoms with Gasteiger partial charge in [-0.25, -0.2) is 4.79 Å². The van der Waals surface area contributed by atoms with E-state index < -0.39 is 6.10 Å². The normalized spacial score (nSPS) is 11.8. The lowest BCUT2D eigenvalue weighted by atomic mass is 10.1. The van der Waals surface area contributed by atoms with E-state index in [9.17, 15) is 15.0 Å². The van der Waals surface area contributed by atoms with Crippen molar-refractivity contribution in [2.24, 2.45) is 0 Å². The highest BCUT2D eigenvalue weighted by atomic mass is 16.3. The summed E-state index contributed by atoms with van der Waals surface area (Å²) in [5.74, 6) is 0.0959. The number of benzene rings is 1. The van der Waals surface area contributed by atoms with Gasteiger partial charge in [0.25, 0.3) is 0 Å². The van der Waals surface area contributed by atoms with E-state index in [-0.39, 0.29) is 18.3 Å². The summed E-state index contributed by atoms with van der Waals surface area (Å²) < 4.78 is 0. The number of rotatable bonds is 8. The highest BCUT2D eigenvalue weighted by Gasteiger charge is 2.17. The number of urea groups is 1. The number of phenols is 1. The Morgan fingerprint density at radius 3 is 2.80 bits per heavy atom. The van der Waals surface area contributed by atoms with Gasteiger partial charge in [-0.2, -0.15) is 0 Å². The molecule has 2 aromatic rings. The molecule has 1 unspecified atom stereocenters. The molecule has 6 nitrogen and oxygen atoms in total. The number of aliphatic hydroxyl groups excluding tert-OH is 1. The van der Waals surface area contributed by atoms with Gasteiger partial charge in [-0.05, 0) is 49.6 Å². The molecular weight excluding hydrogens is 318 g/mol. The summed E-state index contributed by atoms with van der Waals surface area (Å²) in [4.78, 5) is 18.1. The minimum Gasteiger partial charge on any atom is -0.508 e. The number of pyridine rings is 1. The van der Waals surface area contributed by atoms with Gasteiger partial charge in [-0.1, -0.05) is 18.2 Å². The molecule has 134 valence electrons. The van der Waals surface area contributed by atoms with E-state index in [1.807, 2.05) is 25.1 Å². The van der Waals surface area contributed by atoms with Gasteiger partial charge in [-0.15, -0.1) is 0 Å². The summed E-state index contributed by atoms with van der Waals surface area (Å²) in [6, 6.07) is 12.0. The van der Waals surface area contributed by atoms with Crippen LogP contribution in [0, 0.1) is 0 Å². The Balaban J connectivity index is 1.78. The second-order valence-electron chi connectivity index (χ2n) is 5.81. The van der Waals surface area contributed by atoms with Gasteiger partial charge in [0, 0.05) is 25.0 Å². The Bertz CT molecular complexity index is 664. The molecule has 25 heavy (non-hydrogen) atoms. The first-order valence-electron chi connectivity index (χ1n) is 8.49. The molecule has 0 spiro atoms. The fourth-order valence-electron chi connectivity index (χ4n) is 2.52. The van der Waals surface area contributed by atoms with Crippen LogP contribution >= 0.6 is 0 Å². The average molecular weight is 343 g/mol. The number of phenolic OH excluding ortho intramolecular Hbond substituents is 1. The van der Waals surface area contributed by atoms with Crippen molar-refractivity contribution in [3.63, 3.8) is 0 Å². The SMILES string of the molecule is CCN(CC(O)c1cccc(O)c1)C(=O)NCCCc1ccccn1. The molecule has 1 heterocycles. The van der Waals surface area contributed by atoms with E-state index in [1.54, 1.807) is 29.3 Å². The van der Waals surface area contributed by atoms with Crippen molar-refractivity contribution in [2.75, 3.05) is 19.6 Å². The number of aromatic nitrogens is 1. The zero-order valence-electron chi connectivity index (χ0n) is 14.4. The fraction of sp³-hybridized carbons (Fsp3) is 0.368. The molecule has 0 bridgehead atoms. The van der Waals surface area contributed by atoms with Gasteiger partial charge in [0.2, 0.25) is 0 Å². The standard InChI is InChI=1S/C19H25N3O3/c1-2-22(14-18(24)15-7-5-10-17(23)13-15)19(25)21-12-6-9-16-8-3-4-11-20-16/h3-5,7-8,10-11,13,18,23-24H,2,6,9,12,14H2,1H3,(H,21,25). The van der Waals surface area contributed by atoms with Gasteiger partial charge in [0.15, 0.2) is 0 Å². The summed E-state index contributed by atoms with van der Waals surface area (Å²) in [6.07, 6.45) is 2.52. The monoisotopic (exact) mass is 343 g/mol. The van der Waals surface area contributed by atoms with Crippen LogP contribution < -0.4 is 5.32 Å². The van der Waals surface area contributed by atoms with Gasteiger partial charge in [0.1, 0.15) is 5.75 Å². The van der Waals surface area contributed by atoms with Crippen molar-refractivity contribution < 1.29 is 15.0 Å². The number of aliphatic hydroxyl groups is 1. The van der Waals surface area contributed by atoms with Crippen molar-refractivity contribution in [3.05, 3.63) is 59.9 Å². The third-order valence-corrected chi connectivity index (χ3v) is 3.93. The molecule has 2 rings (SSSR count). The largest absolute Gasteiger partial charge is 0.508 e. The Morgan fingerprint density at radius 1 is 1.28 bits per heavy atom. The molecule has 0 aliphatic carbocycles. The maximum absolute atomic E-state index is 12.3. The number of carbonyl (C=O) groups is 1. The number of nitrogens with zero attached hydrogens (tertiary/aromatic N) is 2. The van der Waals surface area contributed by atoms with Crippen molar-refractivity contribution in [1.82, 2.24) is 15.2 Å². The first-order chi connectivity index (χ1) is 12.1. The third kappa shape index (κ3) is 6.08. The lowest BCUT2D eigenvalue weighted by Crippen LogP contribution is -2.42. The van der Waals surface area contributed by atoms with E-state index in [0.29, 0.717) is 18.7 Å². The van der Waals surface area contributed by atoms with E-state index in [2.05, 4.69) is 10.3 Å².